The Labute approximate surface area is 148 Å². The van der Waals surface area contributed by atoms with Gasteiger partial charge in [-0.1, -0.05) is 42.5 Å². The lowest BCUT2D eigenvalue weighted by atomic mass is 10.1. The van der Waals surface area contributed by atoms with Gasteiger partial charge in [0.1, 0.15) is 11.8 Å². The molecule has 0 saturated carbocycles. The molecule has 0 aliphatic rings. The van der Waals surface area contributed by atoms with Crippen molar-refractivity contribution in [2.45, 2.75) is 26.4 Å². The van der Waals surface area contributed by atoms with Crippen LogP contribution in [0.15, 0.2) is 54.6 Å². The summed E-state index contributed by atoms with van der Waals surface area (Å²) in [6, 6.07) is 16.5. The van der Waals surface area contributed by atoms with Gasteiger partial charge in [0.2, 0.25) is 5.91 Å². The molecule has 25 heavy (non-hydrogen) atoms. The largest absolute Gasteiger partial charge is 0.484 e. The summed E-state index contributed by atoms with van der Waals surface area (Å²) in [5.41, 5.74) is 2.02. The Balaban J connectivity index is 2.10. The molecule has 2 aromatic carbocycles. The van der Waals surface area contributed by atoms with Crippen molar-refractivity contribution >= 4 is 11.8 Å². The Morgan fingerprint density at radius 3 is 2.48 bits per heavy atom. The topological polar surface area (TPSA) is 58.6 Å². The van der Waals surface area contributed by atoms with Crippen molar-refractivity contribution in [1.82, 2.24) is 10.2 Å². The van der Waals surface area contributed by atoms with Crippen LogP contribution >= 0.6 is 0 Å². The predicted molar refractivity (Wildman–Crippen MR) is 97.2 cm³/mol. The molecule has 0 aromatic heterocycles. The number of nitrogens with zero attached hydrogens (tertiary/aromatic N) is 1. The molecule has 0 fully saturated rings. The number of carbonyl (C=O) groups excluding carboxylic acids is 2. The number of ether oxygens (including phenoxy) is 1. The van der Waals surface area contributed by atoms with Crippen molar-refractivity contribution < 1.29 is 14.3 Å². The first-order valence-electron chi connectivity index (χ1n) is 8.25. The molecular weight excluding hydrogens is 316 g/mol. The van der Waals surface area contributed by atoms with E-state index in [1.165, 1.54) is 4.90 Å². The standard InChI is InChI=1S/C20H24N2O3/c1-15-8-7-11-18(12-15)25-14-19(23)22(16(2)20(24)21-3)13-17-9-5-4-6-10-17/h4-12,16H,13-14H2,1-3H3,(H,21,24)/t16-/m1/s1. The summed E-state index contributed by atoms with van der Waals surface area (Å²) in [5.74, 6) is 0.196. The van der Waals surface area contributed by atoms with E-state index in [2.05, 4.69) is 5.32 Å². The van der Waals surface area contributed by atoms with Crippen LogP contribution in [0.1, 0.15) is 18.1 Å². The number of likely N-dealkylation sites (N-methyl/N-ethyl adjacent to an activating group) is 1. The average Bonchev–Trinajstić information content (AvgIpc) is 2.64. The van der Waals surface area contributed by atoms with Crippen molar-refractivity contribution in [3.8, 4) is 5.75 Å². The Kier molecular flexibility index (Phi) is 6.57. The van der Waals surface area contributed by atoms with Gasteiger partial charge in [-0.15, -0.1) is 0 Å². The lowest BCUT2D eigenvalue weighted by Gasteiger charge is -2.28. The highest BCUT2D eigenvalue weighted by Crippen LogP contribution is 2.14. The molecular formula is C20H24N2O3. The van der Waals surface area contributed by atoms with E-state index in [1.54, 1.807) is 14.0 Å². The van der Waals surface area contributed by atoms with Crippen molar-refractivity contribution in [2.75, 3.05) is 13.7 Å². The normalized spacial score (nSPS) is 11.5. The van der Waals surface area contributed by atoms with Gasteiger partial charge in [-0.2, -0.15) is 0 Å². The number of hydrogen-bond acceptors (Lipinski definition) is 3. The van der Waals surface area contributed by atoms with Gasteiger partial charge in [0.05, 0.1) is 0 Å². The molecule has 5 heteroatoms. The second kappa shape index (κ2) is 8.87. The number of hydrogen-bond donors (Lipinski definition) is 1. The van der Waals surface area contributed by atoms with Crippen LogP contribution in [0.2, 0.25) is 0 Å². The number of amides is 2. The fourth-order valence-corrected chi connectivity index (χ4v) is 2.50. The van der Waals surface area contributed by atoms with Crippen LogP contribution in [-0.2, 0) is 16.1 Å². The molecule has 5 nitrogen and oxygen atoms in total. The fourth-order valence-electron chi connectivity index (χ4n) is 2.50. The monoisotopic (exact) mass is 340 g/mol. The van der Waals surface area contributed by atoms with Gasteiger partial charge in [-0.3, -0.25) is 9.59 Å². The molecule has 0 radical (unpaired) electrons. The summed E-state index contributed by atoms with van der Waals surface area (Å²) in [4.78, 5) is 26.2. The molecule has 2 amide bonds. The molecule has 0 bridgehead atoms. The lowest BCUT2D eigenvalue weighted by Crippen LogP contribution is -2.48. The molecule has 0 aliphatic heterocycles. The van der Waals surface area contributed by atoms with Gasteiger partial charge < -0.3 is 15.0 Å². The molecule has 0 unspecified atom stereocenters. The minimum absolute atomic E-state index is 0.113. The highest BCUT2D eigenvalue weighted by molar-refractivity contribution is 5.87. The zero-order valence-corrected chi connectivity index (χ0v) is 14.9. The summed E-state index contributed by atoms with van der Waals surface area (Å²) < 4.78 is 5.61. The maximum Gasteiger partial charge on any atom is 0.261 e. The first-order valence-corrected chi connectivity index (χ1v) is 8.25. The highest BCUT2D eigenvalue weighted by Gasteiger charge is 2.25. The second-order valence-electron chi connectivity index (χ2n) is 5.90. The second-order valence-corrected chi connectivity index (χ2v) is 5.90. The molecule has 2 rings (SSSR count). The summed E-state index contributed by atoms with van der Waals surface area (Å²) in [6.45, 7) is 3.92. The predicted octanol–water partition coefficient (Wildman–Crippen LogP) is 2.54. The van der Waals surface area contributed by atoms with E-state index in [-0.39, 0.29) is 18.4 Å². The summed E-state index contributed by atoms with van der Waals surface area (Å²) >= 11 is 0. The Morgan fingerprint density at radius 1 is 1.12 bits per heavy atom. The summed E-state index contributed by atoms with van der Waals surface area (Å²) in [5, 5.41) is 2.59. The van der Waals surface area contributed by atoms with Gasteiger partial charge in [-0.05, 0) is 37.1 Å². The minimum atomic E-state index is -0.584. The first-order chi connectivity index (χ1) is 12.0. The van der Waals surface area contributed by atoms with Gasteiger partial charge in [0.25, 0.3) is 5.91 Å². The Hall–Kier alpha value is -2.82. The van der Waals surface area contributed by atoms with E-state index in [9.17, 15) is 9.59 Å². The van der Waals surface area contributed by atoms with Gasteiger partial charge in [0, 0.05) is 13.6 Å². The third-order valence-corrected chi connectivity index (χ3v) is 3.96. The van der Waals surface area contributed by atoms with Crippen LogP contribution in [0.25, 0.3) is 0 Å². The smallest absolute Gasteiger partial charge is 0.261 e. The van der Waals surface area contributed by atoms with E-state index in [0.717, 1.165) is 11.1 Å². The summed E-state index contributed by atoms with van der Waals surface area (Å²) in [6.07, 6.45) is 0. The maximum absolute atomic E-state index is 12.7. The maximum atomic E-state index is 12.7. The van der Waals surface area contributed by atoms with E-state index < -0.39 is 6.04 Å². The van der Waals surface area contributed by atoms with Gasteiger partial charge in [0.15, 0.2) is 6.61 Å². The van der Waals surface area contributed by atoms with Crippen molar-refractivity contribution in [1.29, 1.82) is 0 Å². The molecule has 1 atom stereocenters. The third kappa shape index (κ3) is 5.35. The van der Waals surface area contributed by atoms with Crippen LogP contribution in [0.5, 0.6) is 5.75 Å². The molecule has 2 aromatic rings. The average molecular weight is 340 g/mol. The van der Waals surface area contributed by atoms with E-state index >= 15 is 0 Å². The molecule has 0 saturated heterocycles. The number of nitrogens with one attached hydrogen (secondary N) is 1. The van der Waals surface area contributed by atoms with E-state index in [4.69, 9.17) is 4.74 Å². The van der Waals surface area contributed by atoms with E-state index in [0.29, 0.717) is 12.3 Å². The van der Waals surface area contributed by atoms with Crippen LogP contribution < -0.4 is 10.1 Å². The quantitative estimate of drug-likeness (QED) is 0.843. The molecule has 0 heterocycles. The van der Waals surface area contributed by atoms with Crippen LogP contribution in [0, 0.1) is 6.92 Å². The highest BCUT2D eigenvalue weighted by atomic mass is 16.5. The zero-order chi connectivity index (χ0) is 18.2. The van der Waals surface area contributed by atoms with Crippen LogP contribution in [-0.4, -0.2) is 36.4 Å². The third-order valence-electron chi connectivity index (χ3n) is 3.96. The summed E-state index contributed by atoms with van der Waals surface area (Å²) in [7, 11) is 1.56. The Morgan fingerprint density at radius 2 is 1.84 bits per heavy atom. The van der Waals surface area contributed by atoms with Crippen LogP contribution in [0.4, 0.5) is 0 Å². The molecule has 132 valence electrons. The van der Waals surface area contributed by atoms with Crippen molar-refractivity contribution in [3.05, 3.63) is 65.7 Å². The minimum Gasteiger partial charge on any atom is -0.484 e. The number of aryl methyl sites for hydroxylation is 1. The van der Waals surface area contributed by atoms with Gasteiger partial charge >= 0.3 is 0 Å². The van der Waals surface area contributed by atoms with Gasteiger partial charge in [-0.25, -0.2) is 0 Å². The first kappa shape index (κ1) is 18.5. The van der Waals surface area contributed by atoms with Crippen molar-refractivity contribution in [2.24, 2.45) is 0 Å². The molecule has 1 N–H and O–H groups in total. The van der Waals surface area contributed by atoms with Crippen LogP contribution in [0.3, 0.4) is 0 Å². The number of carbonyl (C=O) groups is 2. The molecule has 0 aliphatic carbocycles. The van der Waals surface area contributed by atoms with Crippen molar-refractivity contribution in [3.63, 3.8) is 0 Å². The fraction of sp³-hybridized carbons (Fsp3) is 0.300. The van der Waals surface area contributed by atoms with E-state index in [1.807, 2.05) is 61.5 Å². The zero-order valence-electron chi connectivity index (χ0n) is 14.9. The molecule has 0 spiro atoms. The number of benzene rings is 2. The number of rotatable bonds is 7. The SMILES string of the molecule is CNC(=O)[C@@H](C)N(Cc1ccccc1)C(=O)COc1cccc(C)c1. The Bertz CT molecular complexity index is 716. The lowest BCUT2D eigenvalue weighted by molar-refractivity contribution is -0.142.